The topological polar surface area (TPSA) is 44.7 Å². The first-order valence-electron chi connectivity index (χ1n) is 9.11. The molecule has 2 unspecified atom stereocenters. The first-order valence-corrected chi connectivity index (χ1v) is 9.11. The van der Waals surface area contributed by atoms with E-state index in [2.05, 4.69) is 56.2 Å². The molecule has 0 bridgehead atoms. The molecular weight excluding hydrogens is 300 g/mol. The van der Waals surface area contributed by atoms with Gasteiger partial charge in [-0.3, -0.25) is 0 Å². The summed E-state index contributed by atoms with van der Waals surface area (Å²) in [5, 5.41) is 14.2. The summed E-state index contributed by atoms with van der Waals surface area (Å²) in [6, 6.07) is 7.06. The minimum Gasteiger partial charge on any atom is -0.496 e. The Hall–Kier alpha value is -1.10. The third-order valence-corrected chi connectivity index (χ3v) is 6.00. The number of hydrogen-bond acceptors (Lipinski definition) is 4. The van der Waals surface area contributed by atoms with Crippen LogP contribution in [0.3, 0.4) is 0 Å². The number of ether oxygens (including phenoxy) is 1. The van der Waals surface area contributed by atoms with Crippen LogP contribution in [0.2, 0.25) is 0 Å². The fraction of sp³-hybridized carbons (Fsp3) is 0.700. The zero-order valence-electron chi connectivity index (χ0n) is 15.7. The fourth-order valence-corrected chi connectivity index (χ4v) is 5.29. The van der Waals surface area contributed by atoms with Crippen molar-refractivity contribution in [3.63, 3.8) is 0 Å². The van der Waals surface area contributed by atoms with E-state index < -0.39 is 0 Å². The summed E-state index contributed by atoms with van der Waals surface area (Å²) in [4.78, 5) is 2.45. The molecule has 1 saturated carbocycles. The molecule has 1 aliphatic heterocycles. The summed E-state index contributed by atoms with van der Waals surface area (Å²) < 4.78 is 5.49. The number of aliphatic hydroxyl groups excluding tert-OH is 1. The maximum Gasteiger partial charge on any atom is 0.123 e. The number of nitrogens with zero attached hydrogens (tertiary/aromatic N) is 1. The molecule has 1 heterocycles. The van der Waals surface area contributed by atoms with Crippen molar-refractivity contribution in [3.05, 3.63) is 29.3 Å². The van der Waals surface area contributed by atoms with E-state index in [9.17, 15) is 5.11 Å². The third kappa shape index (κ3) is 3.07. The van der Waals surface area contributed by atoms with Gasteiger partial charge in [0.2, 0.25) is 0 Å². The minimum absolute atomic E-state index is 0.172. The highest BCUT2D eigenvalue weighted by molar-refractivity contribution is 5.37. The van der Waals surface area contributed by atoms with E-state index in [4.69, 9.17) is 4.74 Å². The number of aliphatic hydroxyl groups is 1. The first-order chi connectivity index (χ1) is 11.4. The second-order valence-electron chi connectivity index (χ2n) is 8.24. The number of hydrogen-bond donors (Lipinski definition) is 2. The molecule has 0 amide bonds. The van der Waals surface area contributed by atoms with Crippen LogP contribution in [0, 0.1) is 18.3 Å². The molecular formula is C20H32N2O2. The molecule has 2 aliphatic rings. The molecule has 2 fully saturated rings. The SMILES string of the molecule is COc1cc(C)ccc1CN[C@@H]1CC2(C[C@H]1O)CN(C)C2C(C)C. The van der Waals surface area contributed by atoms with Crippen molar-refractivity contribution < 1.29 is 9.84 Å². The predicted octanol–water partition coefficient (Wildman–Crippen LogP) is 2.57. The van der Waals surface area contributed by atoms with Gasteiger partial charge < -0.3 is 20.1 Å². The van der Waals surface area contributed by atoms with Crippen LogP contribution in [-0.2, 0) is 6.54 Å². The van der Waals surface area contributed by atoms with Crippen molar-refractivity contribution in [1.29, 1.82) is 0 Å². The average Bonchev–Trinajstić information content (AvgIpc) is 2.82. The normalized spacial score (nSPS) is 33.2. The molecule has 3 rings (SSSR count). The first kappa shape index (κ1) is 17.7. The zero-order valence-corrected chi connectivity index (χ0v) is 15.7. The average molecular weight is 332 g/mol. The van der Waals surface area contributed by atoms with E-state index in [1.54, 1.807) is 7.11 Å². The summed E-state index contributed by atoms with van der Waals surface area (Å²) in [6.45, 7) is 8.52. The van der Waals surface area contributed by atoms with E-state index in [1.165, 1.54) is 5.56 Å². The van der Waals surface area contributed by atoms with Crippen molar-refractivity contribution in [2.24, 2.45) is 11.3 Å². The third-order valence-electron chi connectivity index (χ3n) is 6.00. The monoisotopic (exact) mass is 332 g/mol. The highest BCUT2D eigenvalue weighted by atomic mass is 16.5. The van der Waals surface area contributed by atoms with Gasteiger partial charge in [-0.05, 0) is 44.4 Å². The Bertz CT molecular complexity index is 584. The zero-order chi connectivity index (χ0) is 17.5. The van der Waals surface area contributed by atoms with Crippen molar-refractivity contribution in [2.45, 2.75) is 58.3 Å². The fourth-order valence-electron chi connectivity index (χ4n) is 5.29. The number of rotatable bonds is 5. The molecule has 1 saturated heterocycles. The van der Waals surface area contributed by atoms with Crippen LogP contribution in [0.25, 0.3) is 0 Å². The molecule has 1 spiro atoms. The van der Waals surface area contributed by atoms with E-state index in [1.807, 2.05) is 0 Å². The summed E-state index contributed by atoms with van der Waals surface area (Å²) in [6.07, 6.45) is 1.73. The maximum absolute atomic E-state index is 10.6. The molecule has 24 heavy (non-hydrogen) atoms. The lowest BCUT2D eigenvalue weighted by molar-refractivity contribution is -0.0828. The van der Waals surface area contributed by atoms with E-state index in [0.717, 1.165) is 37.2 Å². The van der Waals surface area contributed by atoms with Gasteiger partial charge in [-0.15, -0.1) is 0 Å². The minimum atomic E-state index is -0.253. The number of likely N-dealkylation sites (tertiary alicyclic amines) is 1. The molecule has 1 aliphatic carbocycles. The molecule has 4 heteroatoms. The summed E-state index contributed by atoms with van der Waals surface area (Å²) in [7, 11) is 3.93. The van der Waals surface area contributed by atoms with Crippen LogP contribution in [0.5, 0.6) is 5.75 Å². The molecule has 1 aromatic rings. The Morgan fingerprint density at radius 2 is 2.12 bits per heavy atom. The standard InChI is InChI=1S/C20H32N2O2/c1-13(2)19-20(12-22(19)4)9-16(17(23)10-20)21-11-15-7-6-14(3)8-18(15)24-5/h6-8,13,16-17,19,21,23H,9-12H2,1-5H3/t16-,17-,19?,20?/m1/s1. The van der Waals surface area contributed by atoms with Crippen molar-refractivity contribution >= 4 is 0 Å². The highest BCUT2D eigenvalue weighted by Crippen LogP contribution is 2.52. The quantitative estimate of drug-likeness (QED) is 0.870. The lowest BCUT2D eigenvalue weighted by atomic mass is 9.66. The van der Waals surface area contributed by atoms with Gasteiger partial charge in [0.05, 0.1) is 13.2 Å². The number of methoxy groups -OCH3 is 1. The smallest absolute Gasteiger partial charge is 0.123 e. The second kappa shape index (κ2) is 6.66. The van der Waals surface area contributed by atoms with Gasteiger partial charge >= 0.3 is 0 Å². The number of nitrogens with one attached hydrogen (secondary N) is 1. The summed E-state index contributed by atoms with van der Waals surface area (Å²) in [5.41, 5.74) is 2.65. The lowest BCUT2D eigenvalue weighted by Gasteiger charge is -2.57. The van der Waals surface area contributed by atoms with Crippen LogP contribution >= 0.6 is 0 Å². The Balaban J connectivity index is 1.65. The van der Waals surface area contributed by atoms with Crippen molar-refractivity contribution in [3.8, 4) is 5.75 Å². The van der Waals surface area contributed by atoms with Gasteiger partial charge in [-0.1, -0.05) is 26.0 Å². The highest BCUT2D eigenvalue weighted by Gasteiger charge is 2.57. The lowest BCUT2D eigenvalue weighted by Crippen LogP contribution is -2.64. The number of benzene rings is 1. The van der Waals surface area contributed by atoms with E-state index in [0.29, 0.717) is 12.0 Å². The molecule has 1 aromatic carbocycles. The molecule has 2 N–H and O–H groups in total. The van der Waals surface area contributed by atoms with Crippen LogP contribution < -0.4 is 10.1 Å². The second-order valence-corrected chi connectivity index (χ2v) is 8.24. The molecule has 0 aromatic heterocycles. The Kier molecular flexibility index (Phi) is 4.92. The summed E-state index contributed by atoms with van der Waals surface area (Å²) in [5.74, 6) is 1.56. The molecule has 4 atom stereocenters. The van der Waals surface area contributed by atoms with Gasteiger partial charge in [-0.2, -0.15) is 0 Å². The van der Waals surface area contributed by atoms with Crippen LogP contribution in [0.1, 0.15) is 37.8 Å². The molecule has 0 radical (unpaired) electrons. The number of aryl methyl sites for hydroxylation is 1. The Morgan fingerprint density at radius 1 is 1.38 bits per heavy atom. The molecule has 4 nitrogen and oxygen atoms in total. The summed E-state index contributed by atoms with van der Waals surface area (Å²) >= 11 is 0. The molecule has 134 valence electrons. The Labute approximate surface area is 146 Å². The van der Waals surface area contributed by atoms with Gasteiger partial charge in [0.25, 0.3) is 0 Å². The van der Waals surface area contributed by atoms with Crippen LogP contribution in [0.4, 0.5) is 0 Å². The van der Waals surface area contributed by atoms with Gasteiger partial charge in [0.1, 0.15) is 5.75 Å². The largest absolute Gasteiger partial charge is 0.496 e. The van der Waals surface area contributed by atoms with Crippen molar-refractivity contribution in [2.75, 3.05) is 20.7 Å². The van der Waals surface area contributed by atoms with Gasteiger partial charge in [0.15, 0.2) is 0 Å². The van der Waals surface area contributed by atoms with Crippen LogP contribution in [0.15, 0.2) is 18.2 Å². The van der Waals surface area contributed by atoms with E-state index in [-0.39, 0.29) is 17.6 Å². The van der Waals surface area contributed by atoms with E-state index >= 15 is 0 Å². The van der Waals surface area contributed by atoms with Crippen molar-refractivity contribution in [1.82, 2.24) is 10.2 Å². The predicted molar refractivity (Wildman–Crippen MR) is 97.3 cm³/mol. The van der Waals surface area contributed by atoms with Gasteiger partial charge in [-0.25, -0.2) is 0 Å². The van der Waals surface area contributed by atoms with Crippen LogP contribution in [-0.4, -0.2) is 48.9 Å². The maximum atomic E-state index is 10.6. The Morgan fingerprint density at radius 3 is 2.75 bits per heavy atom. The van der Waals surface area contributed by atoms with Gasteiger partial charge in [0, 0.05) is 36.2 Å².